The minimum atomic E-state index is -3.85. The monoisotopic (exact) mass is 295 g/mol. The van der Waals surface area contributed by atoms with Gasteiger partial charge in [-0.15, -0.1) is 11.3 Å². The van der Waals surface area contributed by atoms with Gasteiger partial charge in [0.2, 0.25) is 10.0 Å². The van der Waals surface area contributed by atoms with Crippen LogP contribution in [0.15, 0.2) is 16.3 Å². The minimum Gasteiger partial charge on any atom is -0.477 e. The van der Waals surface area contributed by atoms with E-state index in [1.165, 1.54) is 12.5 Å². The molecule has 1 rings (SSSR count). The van der Waals surface area contributed by atoms with Crippen LogP contribution in [0.4, 0.5) is 0 Å². The Morgan fingerprint density at radius 2 is 2.28 bits per heavy atom. The first-order valence-electron chi connectivity index (χ1n) is 4.84. The summed E-state index contributed by atoms with van der Waals surface area (Å²) in [4.78, 5) is 10.5. The van der Waals surface area contributed by atoms with Crippen molar-refractivity contribution in [3.8, 4) is 0 Å². The number of rotatable bonds is 7. The molecule has 0 radical (unpaired) electrons. The highest BCUT2D eigenvalue weighted by molar-refractivity contribution is 7.89. The Bertz CT molecular complexity index is 509. The Hall–Kier alpha value is -1.00. The van der Waals surface area contributed by atoms with Crippen molar-refractivity contribution in [1.82, 2.24) is 4.72 Å². The van der Waals surface area contributed by atoms with Crippen molar-refractivity contribution in [2.75, 3.05) is 20.3 Å². The molecule has 0 aliphatic carbocycles. The highest BCUT2D eigenvalue weighted by Gasteiger charge is 2.22. The zero-order chi connectivity index (χ0) is 13.8. The van der Waals surface area contributed by atoms with Gasteiger partial charge in [-0.3, -0.25) is 0 Å². The summed E-state index contributed by atoms with van der Waals surface area (Å²) in [7, 11) is -2.47. The van der Waals surface area contributed by atoms with E-state index in [4.69, 9.17) is 14.9 Å². The number of carboxylic acid groups (broad SMARTS) is 1. The van der Waals surface area contributed by atoms with Gasteiger partial charge in [-0.25, -0.2) is 17.9 Å². The second-order valence-corrected chi connectivity index (χ2v) is 6.03. The van der Waals surface area contributed by atoms with Crippen LogP contribution in [-0.2, 0) is 14.8 Å². The van der Waals surface area contributed by atoms with Crippen LogP contribution in [0.2, 0.25) is 0 Å². The van der Waals surface area contributed by atoms with E-state index in [1.807, 2.05) is 0 Å². The topological polar surface area (TPSA) is 113 Å². The number of methoxy groups -OCH3 is 1. The zero-order valence-electron chi connectivity index (χ0n) is 9.49. The molecule has 0 saturated carbocycles. The normalized spacial score (nSPS) is 13.4. The third-order valence-corrected chi connectivity index (χ3v) is 4.57. The molecule has 1 aromatic heterocycles. The molecule has 0 amide bonds. The number of ether oxygens (including phenoxy) is 1. The Labute approximate surface area is 108 Å². The molecule has 0 saturated heterocycles. The van der Waals surface area contributed by atoms with Crippen molar-refractivity contribution < 1.29 is 28.2 Å². The number of thiophene rings is 1. The van der Waals surface area contributed by atoms with Gasteiger partial charge >= 0.3 is 5.97 Å². The fraction of sp³-hybridized carbons (Fsp3) is 0.444. The fourth-order valence-corrected chi connectivity index (χ4v) is 3.51. The summed E-state index contributed by atoms with van der Waals surface area (Å²) in [5.41, 5.74) is 0. The number of nitrogens with one attached hydrogen (secondary N) is 1. The number of carboxylic acids is 1. The first kappa shape index (κ1) is 15.1. The van der Waals surface area contributed by atoms with Crippen LogP contribution in [0.1, 0.15) is 9.67 Å². The lowest BCUT2D eigenvalue weighted by Gasteiger charge is -2.14. The van der Waals surface area contributed by atoms with Crippen molar-refractivity contribution in [1.29, 1.82) is 0 Å². The lowest BCUT2D eigenvalue weighted by Crippen LogP contribution is -2.40. The second-order valence-electron chi connectivity index (χ2n) is 3.41. The van der Waals surface area contributed by atoms with Gasteiger partial charge in [0.15, 0.2) is 0 Å². The van der Waals surface area contributed by atoms with E-state index in [9.17, 15) is 13.2 Å². The molecule has 7 nitrogen and oxygen atoms in total. The summed E-state index contributed by atoms with van der Waals surface area (Å²) in [5, 5.41) is 18.9. The molecule has 0 fully saturated rings. The summed E-state index contributed by atoms with van der Waals surface area (Å²) in [6.45, 7) is -0.394. The summed E-state index contributed by atoms with van der Waals surface area (Å²) in [6.07, 6.45) is 0. The molecule has 0 aliphatic rings. The second kappa shape index (κ2) is 6.25. The van der Waals surface area contributed by atoms with Gasteiger partial charge < -0.3 is 14.9 Å². The van der Waals surface area contributed by atoms with Crippen LogP contribution in [-0.4, -0.2) is 51.0 Å². The summed E-state index contributed by atoms with van der Waals surface area (Å²) >= 11 is 0.820. The van der Waals surface area contributed by atoms with Crippen molar-refractivity contribution in [3.63, 3.8) is 0 Å². The number of aromatic carboxylic acids is 1. The Balaban J connectivity index is 2.88. The van der Waals surface area contributed by atoms with Gasteiger partial charge in [0.25, 0.3) is 0 Å². The van der Waals surface area contributed by atoms with E-state index in [0.29, 0.717) is 0 Å². The van der Waals surface area contributed by atoms with Crippen molar-refractivity contribution in [2.24, 2.45) is 0 Å². The molecule has 0 bridgehead atoms. The van der Waals surface area contributed by atoms with E-state index >= 15 is 0 Å². The molecule has 1 atom stereocenters. The quantitative estimate of drug-likeness (QED) is 0.638. The molecule has 1 unspecified atom stereocenters. The molecule has 1 heterocycles. The molecule has 102 valence electrons. The third kappa shape index (κ3) is 3.75. The summed E-state index contributed by atoms with van der Waals surface area (Å²) in [6, 6.07) is 0.296. The average molecular weight is 295 g/mol. The highest BCUT2D eigenvalue weighted by atomic mass is 32.2. The largest absolute Gasteiger partial charge is 0.477 e. The first-order chi connectivity index (χ1) is 8.40. The SMILES string of the molecule is COCC(CO)NS(=O)(=O)c1csc(C(=O)O)c1. The number of aliphatic hydroxyl groups is 1. The number of sulfonamides is 1. The van der Waals surface area contributed by atoms with Gasteiger partial charge in [-0.05, 0) is 6.07 Å². The molecular formula is C9H13NO6S2. The predicted octanol–water partition coefficient (Wildman–Crippen LogP) is -0.268. The molecule has 3 N–H and O–H groups in total. The maximum absolute atomic E-state index is 11.8. The fourth-order valence-electron chi connectivity index (χ4n) is 1.18. The van der Waals surface area contributed by atoms with Gasteiger partial charge in [0, 0.05) is 12.5 Å². The van der Waals surface area contributed by atoms with Crippen LogP contribution in [0.25, 0.3) is 0 Å². The molecular weight excluding hydrogens is 282 g/mol. The van der Waals surface area contributed by atoms with E-state index in [1.54, 1.807) is 0 Å². The van der Waals surface area contributed by atoms with Gasteiger partial charge in [0.1, 0.15) is 4.88 Å². The Kier molecular flexibility index (Phi) is 5.23. The average Bonchev–Trinajstić information content (AvgIpc) is 2.78. The highest BCUT2D eigenvalue weighted by Crippen LogP contribution is 2.19. The number of hydrogen-bond donors (Lipinski definition) is 3. The number of aliphatic hydroxyl groups excluding tert-OH is 1. The van der Waals surface area contributed by atoms with Gasteiger partial charge in [-0.1, -0.05) is 0 Å². The van der Waals surface area contributed by atoms with E-state index in [2.05, 4.69) is 4.72 Å². The zero-order valence-corrected chi connectivity index (χ0v) is 11.1. The molecule has 18 heavy (non-hydrogen) atoms. The summed E-state index contributed by atoms with van der Waals surface area (Å²) in [5.74, 6) is -1.18. The first-order valence-corrected chi connectivity index (χ1v) is 7.21. The van der Waals surface area contributed by atoms with Crippen LogP contribution in [0.3, 0.4) is 0 Å². The lowest BCUT2D eigenvalue weighted by molar-refractivity contribution is 0.0702. The molecule has 0 aliphatic heterocycles. The maximum Gasteiger partial charge on any atom is 0.345 e. The van der Waals surface area contributed by atoms with Crippen molar-refractivity contribution >= 4 is 27.3 Å². The van der Waals surface area contributed by atoms with Crippen molar-refractivity contribution in [2.45, 2.75) is 10.9 Å². The smallest absolute Gasteiger partial charge is 0.345 e. The molecule has 0 spiro atoms. The van der Waals surface area contributed by atoms with Crippen LogP contribution in [0, 0.1) is 0 Å². The Morgan fingerprint density at radius 1 is 1.61 bits per heavy atom. The minimum absolute atomic E-state index is 0.0195. The standard InChI is InChI=1S/C9H13NO6S2/c1-16-4-6(3-11)10-18(14,15)7-2-8(9(12)13)17-5-7/h2,5-6,10-11H,3-4H2,1H3,(H,12,13). The predicted molar refractivity (Wildman–Crippen MR) is 64.3 cm³/mol. The number of hydrogen-bond acceptors (Lipinski definition) is 6. The third-order valence-electron chi connectivity index (χ3n) is 2.01. The van der Waals surface area contributed by atoms with E-state index in [0.717, 1.165) is 17.4 Å². The van der Waals surface area contributed by atoms with Crippen LogP contribution >= 0.6 is 11.3 Å². The summed E-state index contributed by atoms with van der Waals surface area (Å²) < 4.78 is 30.7. The number of carbonyl (C=O) groups is 1. The van der Waals surface area contributed by atoms with E-state index < -0.39 is 28.6 Å². The van der Waals surface area contributed by atoms with E-state index in [-0.39, 0.29) is 16.4 Å². The van der Waals surface area contributed by atoms with Gasteiger partial charge in [-0.2, -0.15) is 0 Å². The lowest BCUT2D eigenvalue weighted by atomic mass is 10.4. The van der Waals surface area contributed by atoms with Crippen LogP contribution < -0.4 is 4.72 Å². The van der Waals surface area contributed by atoms with Crippen molar-refractivity contribution in [3.05, 3.63) is 16.3 Å². The molecule has 9 heteroatoms. The van der Waals surface area contributed by atoms with Crippen LogP contribution in [0.5, 0.6) is 0 Å². The maximum atomic E-state index is 11.8. The Morgan fingerprint density at radius 3 is 2.72 bits per heavy atom. The van der Waals surface area contributed by atoms with Gasteiger partial charge in [0.05, 0.1) is 24.2 Å². The molecule has 0 aromatic carbocycles. The molecule has 1 aromatic rings.